The molecule has 0 aromatic carbocycles. The Morgan fingerprint density at radius 3 is 2.45 bits per heavy atom. The quantitative estimate of drug-likeness (QED) is 0.487. The molecule has 0 spiro atoms. The van der Waals surface area contributed by atoms with E-state index in [1.54, 1.807) is 0 Å². The van der Waals surface area contributed by atoms with Gasteiger partial charge in [0.05, 0.1) is 6.10 Å². The van der Waals surface area contributed by atoms with Crippen LogP contribution in [-0.2, 0) is 9.53 Å². The lowest BCUT2D eigenvalue weighted by molar-refractivity contribution is -0.148. The molecule has 64 valence electrons. The number of rotatable bonds is 1. The van der Waals surface area contributed by atoms with Crippen LogP contribution in [0.3, 0.4) is 0 Å². The number of alkyl halides is 1. The average Bonchev–Trinajstić information content (AvgIpc) is 2.17. The van der Waals surface area contributed by atoms with Crippen molar-refractivity contribution < 1.29 is 24.1 Å². The molecule has 5 heteroatoms. The van der Waals surface area contributed by atoms with E-state index in [0.717, 1.165) is 0 Å². The summed E-state index contributed by atoms with van der Waals surface area (Å²) < 4.78 is 16.8. The number of cyclic esters (lactones) is 1. The van der Waals surface area contributed by atoms with E-state index in [4.69, 9.17) is 10.2 Å². The summed E-state index contributed by atoms with van der Waals surface area (Å²) in [6.07, 6.45) is -5.73. The van der Waals surface area contributed by atoms with Crippen molar-refractivity contribution in [3.8, 4) is 0 Å². The molecular weight excluding hydrogens is 155 g/mol. The first-order valence-electron chi connectivity index (χ1n) is 3.24. The highest BCUT2D eigenvalue weighted by atomic mass is 19.1. The molecule has 0 saturated carbocycles. The monoisotopic (exact) mass is 164 g/mol. The molecule has 1 saturated heterocycles. The Labute approximate surface area is 62.6 Å². The minimum Gasteiger partial charge on any atom is -0.454 e. The van der Waals surface area contributed by atoms with Crippen molar-refractivity contribution in [2.45, 2.75) is 31.4 Å². The lowest BCUT2D eigenvalue weighted by atomic mass is 10.1. The van der Waals surface area contributed by atoms with E-state index >= 15 is 0 Å². The number of ether oxygens (including phenoxy) is 1. The maximum Gasteiger partial charge on any atom is 0.344 e. The molecule has 0 bridgehead atoms. The molecule has 1 rings (SSSR count). The highest BCUT2D eigenvalue weighted by Crippen LogP contribution is 2.20. The molecule has 0 aromatic heterocycles. The zero-order valence-electron chi connectivity index (χ0n) is 5.90. The van der Waals surface area contributed by atoms with Crippen molar-refractivity contribution in [2.24, 2.45) is 0 Å². The van der Waals surface area contributed by atoms with Crippen LogP contribution in [0.2, 0.25) is 0 Å². The van der Waals surface area contributed by atoms with Crippen LogP contribution in [0.5, 0.6) is 0 Å². The fourth-order valence-corrected chi connectivity index (χ4v) is 0.959. The van der Waals surface area contributed by atoms with Crippen molar-refractivity contribution in [1.29, 1.82) is 0 Å². The Kier molecular flexibility index (Phi) is 2.10. The van der Waals surface area contributed by atoms with Gasteiger partial charge in [0.25, 0.3) is 0 Å². The van der Waals surface area contributed by atoms with Gasteiger partial charge in [-0.2, -0.15) is 0 Å². The zero-order chi connectivity index (χ0) is 8.59. The van der Waals surface area contributed by atoms with Crippen molar-refractivity contribution in [1.82, 2.24) is 0 Å². The standard InChI is InChI=1S/C6H9FO4/c1-2(8)5-4(9)3(7)6(10)11-5/h2-5,8-9H,1H3/t2-,3-,4-,5-/m0/s1. The molecule has 0 radical (unpaired) electrons. The number of carbonyl (C=O) groups is 1. The van der Waals surface area contributed by atoms with E-state index in [2.05, 4.69) is 4.74 Å². The normalized spacial score (nSPS) is 40.4. The van der Waals surface area contributed by atoms with Gasteiger partial charge in [-0.05, 0) is 6.92 Å². The molecule has 4 atom stereocenters. The summed E-state index contributed by atoms with van der Waals surface area (Å²) in [5.41, 5.74) is 0. The third-order valence-electron chi connectivity index (χ3n) is 1.59. The number of carbonyl (C=O) groups excluding carboxylic acids is 1. The second-order valence-corrected chi connectivity index (χ2v) is 2.53. The number of aliphatic hydroxyl groups excluding tert-OH is 2. The molecule has 0 unspecified atom stereocenters. The Hall–Kier alpha value is -0.680. The predicted octanol–water partition coefficient (Wildman–Crippen LogP) is -1.01. The summed E-state index contributed by atoms with van der Waals surface area (Å²) in [7, 11) is 0. The molecule has 0 aliphatic carbocycles. The Morgan fingerprint density at radius 2 is 2.27 bits per heavy atom. The van der Waals surface area contributed by atoms with Gasteiger partial charge < -0.3 is 14.9 Å². The highest BCUT2D eigenvalue weighted by Gasteiger charge is 2.46. The van der Waals surface area contributed by atoms with Gasteiger partial charge in [-0.3, -0.25) is 0 Å². The second kappa shape index (κ2) is 2.75. The van der Waals surface area contributed by atoms with Crippen molar-refractivity contribution in [3.05, 3.63) is 0 Å². The van der Waals surface area contributed by atoms with Gasteiger partial charge in [0, 0.05) is 0 Å². The van der Waals surface area contributed by atoms with Gasteiger partial charge in [-0.1, -0.05) is 0 Å². The Bertz CT molecular complexity index is 170. The summed E-state index contributed by atoms with van der Waals surface area (Å²) in [4.78, 5) is 10.4. The van der Waals surface area contributed by atoms with E-state index < -0.39 is 30.5 Å². The largest absolute Gasteiger partial charge is 0.454 e. The summed E-state index contributed by atoms with van der Waals surface area (Å²) in [5.74, 6) is -1.11. The molecule has 0 amide bonds. The molecule has 4 nitrogen and oxygen atoms in total. The fourth-order valence-electron chi connectivity index (χ4n) is 0.959. The number of hydrogen-bond donors (Lipinski definition) is 2. The molecule has 1 fully saturated rings. The van der Waals surface area contributed by atoms with E-state index in [1.165, 1.54) is 6.92 Å². The first kappa shape index (κ1) is 8.42. The van der Waals surface area contributed by atoms with E-state index in [9.17, 15) is 9.18 Å². The number of esters is 1. The molecule has 11 heavy (non-hydrogen) atoms. The van der Waals surface area contributed by atoms with Crippen LogP contribution in [-0.4, -0.2) is 40.7 Å². The lowest BCUT2D eigenvalue weighted by Crippen LogP contribution is -2.35. The molecular formula is C6H9FO4. The minimum atomic E-state index is -2.02. The van der Waals surface area contributed by atoms with Gasteiger partial charge in [-0.15, -0.1) is 0 Å². The fraction of sp³-hybridized carbons (Fsp3) is 0.833. The molecule has 0 aromatic rings. The van der Waals surface area contributed by atoms with Crippen LogP contribution in [0.1, 0.15) is 6.92 Å². The number of aliphatic hydroxyl groups is 2. The molecule has 2 N–H and O–H groups in total. The van der Waals surface area contributed by atoms with Crippen LogP contribution in [0.25, 0.3) is 0 Å². The zero-order valence-corrected chi connectivity index (χ0v) is 5.90. The number of halogens is 1. The van der Waals surface area contributed by atoms with Crippen LogP contribution in [0.4, 0.5) is 4.39 Å². The highest BCUT2D eigenvalue weighted by molar-refractivity contribution is 5.77. The summed E-state index contributed by atoms with van der Waals surface area (Å²) in [6.45, 7) is 1.32. The Morgan fingerprint density at radius 1 is 1.73 bits per heavy atom. The topological polar surface area (TPSA) is 66.8 Å². The average molecular weight is 164 g/mol. The van der Waals surface area contributed by atoms with Crippen LogP contribution >= 0.6 is 0 Å². The second-order valence-electron chi connectivity index (χ2n) is 2.53. The van der Waals surface area contributed by atoms with Gasteiger partial charge in [-0.25, -0.2) is 9.18 Å². The smallest absolute Gasteiger partial charge is 0.344 e. The van der Waals surface area contributed by atoms with Crippen molar-refractivity contribution >= 4 is 5.97 Å². The van der Waals surface area contributed by atoms with Gasteiger partial charge >= 0.3 is 5.97 Å². The van der Waals surface area contributed by atoms with Gasteiger partial charge in [0.15, 0.2) is 6.10 Å². The van der Waals surface area contributed by atoms with E-state index in [1.807, 2.05) is 0 Å². The molecule has 1 aliphatic heterocycles. The van der Waals surface area contributed by atoms with Crippen molar-refractivity contribution in [2.75, 3.05) is 0 Å². The Balaban J connectivity index is 2.67. The van der Waals surface area contributed by atoms with Crippen LogP contribution in [0, 0.1) is 0 Å². The summed E-state index contributed by atoms with van der Waals surface area (Å²) in [6, 6.07) is 0. The minimum absolute atomic E-state index is 1.05. The summed E-state index contributed by atoms with van der Waals surface area (Å²) in [5, 5.41) is 17.8. The van der Waals surface area contributed by atoms with Gasteiger partial charge in [0.2, 0.25) is 6.17 Å². The summed E-state index contributed by atoms with van der Waals surface area (Å²) >= 11 is 0. The van der Waals surface area contributed by atoms with Crippen LogP contribution < -0.4 is 0 Å². The van der Waals surface area contributed by atoms with E-state index in [-0.39, 0.29) is 0 Å². The first-order valence-corrected chi connectivity index (χ1v) is 3.24. The van der Waals surface area contributed by atoms with Crippen molar-refractivity contribution in [3.63, 3.8) is 0 Å². The first-order chi connectivity index (χ1) is 5.04. The third kappa shape index (κ3) is 1.34. The third-order valence-corrected chi connectivity index (χ3v) is 1.59. The number of hydrogen-bond acceptors (Lipinski definition) is 4. The molecule has 1 aliphatic rings. The molecule has 1 heterocycles. The SMILES string of the molecule is C[C@H](O)[C@@H]1OC(=O)[C@@H](F)[C@@H]1O. The maximum absolute atomic E-state index is 12.5. The van der Waals surface area contributed by atoms with Crippen LogP contribution in [0.15, 0.2) is 0 Å². The van der Waals surface area contributed by atoms with E-state index in [0.29, 0.717) is 0 Å². The maximum atomic E-state index is 12.5. The predicted molar refractivity (Wildman–Crippen MR) is 32.5 cm³/mol. The van der Waals surface area contributed by atoms with Gasteiger partial charge in [0.1, 0.15) is 6.10 Å². The lowest BCUT2D eigenvalue weighted by Gasteiger charge is -2.14.